The Kier molecular flexibility index (Phi) is 4.96. The fraction of sp³-hybridized carbons (Fsp3) is 0.625. The number of aliphatic hydroxyl groups excluding tert-OH is 1. The standard InChI is InChI=1S/C16H25NO4/c1-19-12-7-6-11(13(20-2)14(12)21-3)15(18)16(10-17)8-4-5-9-16/h6-7,15,18H,4-5,8-10,17H2,1-3H3. The van der Waals surface area contributed by atoms with Crippen LogP contribution in [0.5, 0.6) is 17.2 Å². The summed E-state index contributed by atoms with van der Waals surface area (Å²) >= 11 is 0. The molecule has 1 atom stereocenters. The minimum absolute atomic E-state index is 0.271. The second-order valence-electron chi connectivity index (χ2n) is 5.60. The molecule has 1 aromatic rings. The number of hydrogen-bond donors (Lipinski definition) is 2. The minimum Gasteiger partial charge on any atom is -0.493 e. The maximum absolute atomic E-state index is 10.9. The van der Waals surface area contributed by atoms with Crippen LogP contribution in [0, 0.1) is 5.41 Å². The van der Waals surface area contributed by atoms with Gasteiger partial charge in [0.1, 0.15) is 0 Å². The van der Waals surface area contributed by atoms with E-state index in [4.69, 9.17) is 19.9 Å². The van der Waals surface area contributed by atoms with Crippen LogP contribution in [0.4, 0.5) is 0 Å². The molecule has 5 nitrogen and oxygen atoms in total. The highest BCUT2D eigenvalue weighted by molar-refractivity contribution is 5.56. The molecular formula is C16H25NO4. The van der Waals surface area contributed by atoms with Crippen LogP contribution in [0.15, 0.2) is 12.1 Å². The van der Waals surface area contributed by atoms with E-state index in [1.165, 1.54) is 0 Å². The smallest absolute Gasteiger partial charge is 0.203 e. The Morgan fingerprint density at radius 1 is 1.10 bits per heavy atom. The Bertz CT molecular complexity index is 483. The van der Waals surface area contributed by atoms with Crippen LogP contribution < -0.4 is 19.9 Å². The highest BCUT2D eigenvalue weighted by Crippen LogP contribution is 2.51. The van der Waals surface area contributed by atoms with Crippen LogP contribution in [0.1, 0.15) is 37.4 Å². The molecule has 0 saturated heterocycles. The summed E-state index contributed by atoms with van der Waals surface area (Å²) in [6, 6.07) is 3.62. The molecule has 5 heteroatoms. The van der Waals surface area contributed by atoms with E-state index >= 15 is 0 Å². The van der Waals surface area contributed by atoms with E-state index in [9.17, 15) is 5.11 Å². The molecule has 0 spiro atoms. The van der Waals surface area contributed by atoms with Gasteiger partial charge < -0.3 is 25.1 Å². The Balaban J connectivity index is 2.47. The SMILES string of the molecule is COc1ccc(C(O)C2(CN)CCCC2)c(OC)c1OC. The lowest BCUT2D eigenvalue weighted by molar-refractivity contribution is 0.0311. The number of hydrogen-bond acceptors (Lipinski definition) is 5. The molecule has 21 heavy (non-hydrogen) atoms. The molecule has 118 valence electrons. The van der Waals surface area contributed by atoms with Crippen LogP contribution in [0.25, 0.3) is 0 Å². The van der Waals surface area contributed by atoms with Gasteiger partial charge in [0.25, 0.3) is 0 Å². The third kappa shape index (κ3) is 2.68. The van der Waals surface area contributed by atoms with Crippen molar-refractivity contribution in [1.29, 1.82) is 0 Å². The molecule has 0 aromatic heterocycles. The van der Waals surface area contributed by atoms with Crippen LogP contribution in [0.2, 0.25) is 0 Å². The fourth-order valence-electron chi connectivity index (χ4n) is 3.34. The van der Waals surface area contributed by atoms with Crippen LogP contribution in [-0.4, -0.2) is 33.0 Å². The van der Waals surface area contributed by atoms with Crippen molar-refractivity contribution in [3.8, 4) is 17.2 Å². The van der Waals surface area contributed by atoms with Gasteiger partial charge >= 0.3 is 0 Å². The van der Waals surface area contributed by atoms with Gasteiger partial charge in [0.05, 0.1) is 27.4 Å². The zero-order valence-electron chi connectivity index (χ0n) is 13.0. The maximum atomic E-state index is 10.9. The number of methoxy groups -OCH3 is 3. The van der Waals surface area contributed by atoms with Crippen molar-refractivity contribution >= 4 is 0 Å². The van der Waals surface area contributed by atoms with Crippen molar-refractivity contribution < 1.29 is 19.3 Å². The van der Waals surface area contributed by atoms with Gasteiger partial charge in [-0.1, -0.05) is 12.8 Å². The van der Waals surface area contributed by atoms with E-state index in [1.54, 1.807) is 27.4 Å². The van der Waals surface area contributed by atoms with E-state index in [-0.39, 0.29) is 5.41 Å². The predicted molar refractivity (Wildman–Crippen MR) is 81.0 cm³/mol. The predicted octanol–water partition coefficient (Wildman–Crippen LogP) is 2.26. The molecule has 1 saturated carbocycles. The molecule has 3 N–H and O–H groups in total. The van der Waals surface area contributed by atoms with Gasteiger partial charge in [0.15, 0.2) is 11.5 Å². The van der Waals surface area contributed by atoms with Gasteiger partial charge in [-0.05, 0) is 25.0 Å². The average molecular weight is 295 g/mol. The van der Waals surface area contributed by atoms with Gasteiger partial charge in [0, 0.05) is 17.5 Å². The van der Waals surface area contributed by atoms with Gasteiger partial charge in [0.2, 0.25) is 5.75 Å². The van der Waals surface area contributed by atoms with E-state index in [2.05, 4.69) is 0 Å². The molecule has 0 radical (unpaired) electrons. The molecule has 0 heterocycles. The number of benzene rings is 1. The third-order valence-corrected chi connectivity index (χ3v) is 4.62. The van der Waals surface area contributed by atoms with Gasteiger partial charge in [-0.15, -0.1) is 0 Å². The van der Waals surface area contributed by atoms with Crippen LogP contribution >= 0.6 is 0 Å². The molecule has 0 bridgehead atoms. The first-order valence-electron chi connectivity index (χ1n) is 7.30. The monoisotopic (exact) mass is 295 g/mol. The average Bonchev–Trinajstić information content (AvgIpc) is 3.02. The number of ether oxygens (including phenoxy) is 3. The lowest BCUT2D eigenvalue weighted by Gasteiger charge is -2.34. The second kappa shape index (κ2) is 6.54. The molecule has 0 amide bonds. The number of rotatable bonds is 6. The largest absolute Gasteiger partial charge is 0.493 e. The first kappa shape index (κ1) is 15.9. The first-order valence-corrected chi connectivity index (χ1v) is 7.30. The van der Waals surface area contributed by atoms with Crippen molar-refractivity contribution in [3.05, 3.63) is 17.7 Å². The quantitative estimate of drug-likeness (QED) is 0.842. The highest BCUT2D eigenvalue weighted by Gasteiger charge is 2.41. The van der Waals surface area contributed by atoms with Crippen LogP contribution in [-0.2, 0) is 0 Å². The van der Waals surface area contributed by atoms with Gasteiger partial charge in [-0.25, -0.2) is 0 Å². The lowest BCUT2D eigenvalue weighted by Crippen LogP contribution is -2.34. The summed E-state index contributed by atoms with van der Waals surface area (Å²) in [5, 5.41) is 10.9. The highest BCUT2D eigenvalue weighted by atomic mass is 16.5. The molecule has 1 aliphatic carbocycles. The molecule has 1 fully saturated rings. The topological polar surface area (TPSA) is 73.9 Å². The van der Waals surface area contributed by atoms with E-state index < -0.39 is 6.10 Å². The number of aliphatic hydroxyl groups is 1. The van der Waals surface area contributed by atoms with Crippen molar-refractivity contribution in [2.24, 2.45) is 11.1 Å². The van der Waals surface area contributed by atoms with E-state index in [0.717, 1.165) is 25.7 Å². The summed E-state index contributed by atoms with van der Waals surface area (Å²) in [7, 11) is 4.70. The van der Waals surface area contributed by atoms with Crippen molar-refractivity contribution in [2.75, 3.05) is 27.9 Å². The molecular weight excluding hydrogens is 270 g/mol. The Morgan fingerprint density at radius 3 is 2.19 bits per heavy atom. The maximum Gasteiger partial charge on any atom is 0.203 e. The minimum atomic E-state index is -0.667. The van der Waals surface area contributed by atoms with Crippen molar-refractivity contribution in [2.45, 2.75) is 31.8 Å². The third-order valence-electron chi connectivity index (χ3n) is 4.62. The first-order chi connectivity index (χ1) is 10.1. The van der Waals surface area contributed by atoms with Gasteiger partial charge in [-0.3, -0.25) is 0 Å². The molecule has 2 rings (SSSR count). The summed E-state index contributed by atoms with van der Waals surface area (Å²) in [6.07, 6.45) is 3.40. The van der Waals surface area contributed by atoms with Gasteiger partial charge in [-0.2, -0.15) is 0 Å². The van der Waals surface area contributed by atoms with Crippen molar-refractivity contribution in [3.63, 3.8) is 0 Å². The fourth-order valence-corrected chi connectivity index (χ4v) is 3.34. The summed E-state index contributed by atoms with van der Waals surface area (Å²) < 4.78 is 16.1. The van der Waals surface area contributed by atoms with E-state index in [1.807, 2.05) is 6.07 Å². The zero-order chi connectivity index (χ0) is 15.5. The molecule has 0 aliphatic heterocycles. The molecule has 1 unspecified atom stereocenters. The van der Waals surface area contributed by atoms with Crippen LogP contribution in [0.3, 0.4) is 0 Å². The molecule has 1 aromatic carbocycles. The summed E-state index contributed by atoms with van der Waals surface area (Å²) in [6.45, 7) is 0.464. The normalized spacial score (nSPS) is 18.3. The zero-order valence-corrected chi connectivity index (χ0v) is 13.0. The Hall–Kier alpha value is -1.46. The summed E-state index contributed by atoms with van der Waals surface area (Å²) in [4.78, 5) is 0. The summed E-state index contributed by atoms with van der Waals surface area (Å²) in [5.41, 5.74) is 6.41. The molecule has 1 aliphatic rings. The van der Waals surface area contributed by atoms with Crippen molar-refractivity contribution in [1.82, 2.24) is 0 Å². The van der Waals surface area contributed by atoms with E-state index in [0.29, 0.717) is 29.4 Å². The number of nitrogens with two attached hydrogens (primary N) is 1. The Labute approximate surface area is 126 Å². The second-order valence-corrected chi connectivity index (χ2v) is 5.60. The Morgan fingerprint density at radius 2 is 1.71 bits per heavy atom. The summed E-state index contributed by atoms with van der Waals surface area (Å²) in [5.74, 6) is 1.60. The lowest BCUT2D eigenvalue weighted by atomic mass is 9.77.